The molecule has 1 aromatic carbocycles. The second-order valence-electron chi connectivity index (χ2n) is 5.57. The molecule has 0 bridgehead atoms. The number of nitrogens with zero attached hydrogens (tertiary/aromatic N) is 1. The minimum Gasteiger partial charge on any atom is -0.339 e. The zero-order valence-corrected chi connectivity index (χ0v) is 13.4. The van der Waals surface area contributed by atoms with E-state index >= 15 is 0 Å². The van der Waals surface area contributed by atoms with Crippen molar-refractivity contribution in [3.05, 3.63) is 33.8 Å². The summed E-state index contributed by atoms with van der Waals surface area (Å²) < 4.78 is 0.996. The zero-order chi connectivity index (χ0) is 14.0. The molecule has 0 aliphatic carbocycles. The average molecular weight is 325 g/mol. The van der Waals surface area contributed by atoms with Crippen LogP contribution < -0.4 is 5.32 Å². The summed E-state index contributed by atoms with van der Waals surface area (Å²) in [6, 6.07) is 5.82. The maximum Gasteiger partial charge on any atom is 0.253 e. The maximum atomic E-state index is 12.4. The highest BCUT2D eigenvalue weighted by Gasteiger charge is 2.30. The van der Waals surface area contributed by atoms with Crippen molar-refractivity contribution < 1.29 is 4.79 Å². The minimum atomic E-state index is 0.138. The van der Waals surface area contributed by atoms with Crippen LogP contribution in [0.15, 0.2) is 22.7 Å². The average Bonchev–Trinajstić information content (AvgIpc) is 2.42. The Morgan fingerprint density at radius 1 is 1.37 bits per heavy atom. The first kappa shape index (κ1) is 14.5. The van der Waals surface area contributed by atoms with E-state index in [4.69, 9.17) is 0 Å². The molecule has 4 heteroatoms. The van der Waals surface area contributed by atoms with E-state index in [1.54, 1.807) is 0 Å². The molecule has 104 valence electrons. The Labute approximate surface area is 123 Å². The van der Waals surface area contributed by atoms with Crippen LogP contribution in [0.25, 0.3) is 0 Å². The molecule has 0 saturated carbocycles. The highest BCUT2D eigenvalue weighted by molar-refractivity contribution is 9.10. The van der Waals surface area contributed by atoms with Crippen LogP contribution in [-0.4, -0.2) is 36.5 Å². The van der Waals surface area contributed by atoms with E-state index in [1.807, 2.05) is 37.1 Å². The number of amides is 1. The van der Waals surface area contributed by atoms with Gasteiger partial charge >= 0.3 is 0 Å². The Morgan fingerprint density at radius 2 is 2.00 bits per heavy atom. The fraction of sp³-hybridized carbons (Fsp3) is 0.533. The van der Waals surface area contributed by atoms with Crippen LogP contribution in [0.2, 0.25) is 0 Å². The van der Waals surface area contributed by atoms with Gasteiger partial charge in [-0.1, -0.05) is 22.0 Å². The molecule has 0 spiro atoms. The lowest BCUT2D eigenvalue weighted by atomic mass is 9.89. The van der Waals surface area contributed by atoms with Gasteiger partial charge in [-0.3, -0.25) is 4.79 Å². The number of nitrogens with one attached hydrogen (secondary N) is 1. The van der Waals surface area contributed by atoms with E-state index in [2.05, 4.69) is 28.2 Å². The smallest absolute Gasteiger partial charge is 0.253 e. The molecule has 0 aromatic heterocycles. The summed E-state index contributed by atoms with van der Waals surface area (Å²) in [7, 11) is 1.99. The summed E-state index contributed by atoms with van der Waals surface area (Å²) in [5.74, 6) is 0.138. The number of hydrogen-bond acceptors (Lipinski definition) is 2. The number of likely N-dealkylation sites (tertiary alicyclic amines) is 1. The number of benzene rings is 1. The first-order valence-corrected chi connectivity index (χ1v) is 7.49. The van der Waals surface area contributed by atoms with Gasteiger partial charge in [0.2, 0.25) is 0 Å². The number of piperidine rings is 1. The van der Waals surface area contributed by atoms with Gasteiger partial charge in [-0.05, 0) is 51.4 Å². The van der Waals surface area contributed by atoms with Crippen molar-refractivity contribution in [3.63, 3.8) is 0 Å². The molecule has 1 N–H and O–H groups in total. The van der Waals surface area contributed by atoms with Gasteiger partial charge in [0.05, 0.1) is 0 Å². The van der Waals surface area contributed by atoms with Gasteiger partial charge in [-0.15, -0.1) is 0 Å². The summed E-state index contributed by atoms with van der Waals surface area (Å²) >= 11 is 3.49. The fourth-order valence-corrected chi connectivity index (χ4v) is 2.74. The SMILES string of the molecule is CNC1(C)CCN(C(=O)c2ccc(C)c(Br)c2)CC1. The maximum absolute atomic E-state index is 12.4. The van der Waals surface area contributed by atoms with Crippen LogP contribution in [0, 0.1) is 6.92 Å². The molecule has 1 aromatic rings. The molecule has 1 aliphatic heterocycles. The summed E-state index contributed by atoms with van der Waals surface area (Å²) in [4.78, 5) is 14.4. The fourth-order valence-electron chi connectivity index (χ4n) is 2.36. The van der Waals surface area contributed by atoms with Gasteiger partial charge in [0.1, 0.15) is 0 Å². The Kier molecular flexibility index (Phi) is 4.31. The highest BCUT2D eigenvalue weighted by Crippen LogP contribution is 2.24. The normalized spacial score (nSPS) is 18.4. The van der Waals surface area contributed by atoms with Gasteiger partial charge in [-0.2, -0.15) is 0 Å². The third-order valence-electron chi connectivity index (χ3n) is 4.18. The standard InChI is InChI=1S/C15H21BrN2O/c1-11-4-5-12(10-13(11)16)14(19)18-8-6-15(2,17-3)7-9-18/h4-5,10,17H,6-9H2,1-3H3. The molecule has 1 fully saturated rings. The third-order valence-corrected chi connectivity index (χ3v) is 5.03. The van der Waals surface area contributed by atoms with Crippen LogP contribution in [0.3, 0.4) is 0 Å². The number of rotatable bonds is 2. The molecular weight excluding hydrogens is 304 g/mol. The number of carbonyl (C=O) groups excluding carboxylic acids is 1. The Balaban J connectivity index is 2.07. The van der Waals surface area contributed by atoms with Gasteiger partial charge in [-0.25, -0.2) is 0 Å². The molecule has 1 amide bonds. The zero-order valence-electron chi connectivity index (χ0n) is 11.8. The van der Waals surface area contributed by atoms with E-state index in [0.717, 1.165) is 41.5 Å². The second-order valence-corrected chi connectivity index (χ2v) is 6.42. The van der Waals surface area contributed by atoms with Crippen LogP contribution in [0.5, 0.6) is 0 Å². The molecule has 1 saturated heterocycles. The number of carbonyl (C=O) groups is 1. The summed E-state index contributed by atoms with van der Waals surface area (Å²) in [5.41, 5.74) is 2.09. The molecule has 19 heavy (non-hydrogen) atoms. The van der Waals surface area contributed by atoms with E-state index in [0.29, 0.717) is 0 Å². The number of halogens is 1. The number of hydrogen-bond donors (Lipinski definition) is 1. The molecular formula is C15H21BrN2O. The second kappa shape index (κ2) is 5.63. The summed E-state index contributed by atoms with van der Waals surface area (Å²) in [6.45, 7) is 5.89. The Morgan fingerprint density at radius 3 is 2.53 bits per heavy atom. The van der Waals surface area contributed by atoms with E-state index in [1.165, 1.54) is 0 Å². The molecule has 3 nitrogen and oxygen atoms in total. The van der Waals surface area contributed by atoms with Gasteiger partial charge < -0.3 is 10.2 Å². The topological polar surface area (TPSA) is 32.3 Å². The van der Waals surface area contributed by atoms with Crippen molar-refractivity contribution in [2.24, 2.45) is 0 Å². The monoisotopic (exact) mass is 324 g/mol. The van der Waals surface area contributed by atoms with Crippen LogP contribution in [-0.2, 0) is 0 Å². The summed E-state index contributed by atoms with van der Waals surface area (Å²) in [5, 5.41) is 3.35. The van der Waals surface area contributed by atoms with Crippen molar-refractivity contribution >= 4 is 21.8 Å². The quantitative estimate of drug-likeness (QED) is 0.907. The van der Waals surface area contributed by atoms with Crippen LogP contribution in [0.1, 0.15) is 35.7 Å². The largest absolute Gasteiger partial charge is 0.339 e. The third kappa shape index (κ3) is 3.18. The van der Waals surface area contributed by atoms with E-state index in [9.17, 15) is 4.79 Å². The molecule has 0 radical (unpaired) electrons. The Hall–Kier alpha value is -0.870. The van der Waals surface area contributed by atoms with Crippen LogP contribution in [0.4, 0.5) is 0 Å². The first-order valence-electron chi connectivity index (χ1n) is 6.69. The van der Waals surface area contributed by atoms with Crippen molar-refractivity contribution in [1.29, 1.82) is 0 Å². The van der Waals surface area contributed by atoms with Gasteiger partial charge in [0.25, 0.3) is 5.91 Å². The predicted molar refractivity (Wildman–Crippen MR) is 81.5 cm³/mol. The molecule has 2 rings (SSSR count). The lowest BCUT2D eigenvalue weighted by Gasteiger charge is -2.39. The lowest BCUT2D eigenvalue weighted by Crippen LogP contribution is -2.51. The summed E-state index contributed by atoms with van der Waals surface area (Å²) in [6.07, 6.45) is 2.00. The number of aryl methyl sites for hydroxylation is 1. The van der Waals surface area contributed by atoms with Gasteiger partial charge in [0.15, 0.2) is 0 Å². The van der Waals surface area contributed by atoms with Crippen molar-refractivity contribution in [1.82, 2.24) is 10.2 Å². The molecule has 1 heterocycles. The Bertz CT molecular complexity index is 479. The molecule has 0 atom stereocenters. The predicted octanol–water partition coefficient (Wildman–Crippen LogP) is 2.97. The van der Waals surface area contributed by atoms with Crippen LogP contribution >= 0.6 is 15.9 Å². The van der Waals surface area contributed by atoms with Crippen molar-refractivity contribution in [2.45, 2.75) is 32.2 Å². The van der Waals surface area contributed by atoms with Crippen molar-refractivity contribution in [2.75, 3.05) is 20.1 Å². The highest BCUT2D eigenvalue weighted by atomic mass is 79.9. The van der Waals surface area contributed by atoms with E-state index in [-0.39, 0.29) is 11.4 Å². The van der Waals surface area contributed by atoms with Gasteiger partial charge in [0, 0.05) is 28.7 Å². The van der Waals surface area contributed by atoms with Crippen molar-refractivity contribution in [3.8, 4) is 0 Å². The minimum absolute atomic E-state index is 0.138. The lowest BCUT2D eigenvalue weighted by molar-refractivity contribution is 0.0662. The van der Waals surface area contributed by atoms with E-state index < -0.39 is 0 Å². The molecule has 0 unspecified atom stereocenters. The molecule has 1 aliphatic rings. The first-order chi connectivity index (χ1) is 8.95.